The van der Waals surface area contributed by atoms with Crippen LogP contribution in [0.4, 0.5) is 5.69 Å². The fourth-order valence-corrected chi connectivity index (χ4v) is 2.32. The molecule has 0 fully saturated rings. The Morgan fingerprint density at radius 1 is 1.19 bits per heavy atom. The van der Waals surface area contributed by atoms with Crippen LogP contribution in [0.25, 0.3) is 0 Å². The first-order valence-corrected chi connectivity index (χ1v) is 7.30. The van der Waals surface area contributed by atoms with E-state index in [-0.39, 0.29) is 6.61 Å². The first kappa shape index (κ1) is 15.7. The highest BCUT2D eigenvalue weighted by Crippen LogP contribution is 2.25. The highest BCUT2D eigenvalue weighted by atomic mass is 35.5. The topological polar surface area (TPSA) is 41.5 Å². The van der Waals surface area contributed by atoms with E-state index >= 15 is 0 Å². The van der Waals surface area contributed by atoms with Crippen molar-refractivity contribution in [2.45, 2.75) is 20.0 Å². The lowest BCUT2D eigenvalue weighted by atomic mass is 10.2. The molecule has 4 heteroatoms. The molecule has 2 aromatic rings. The van der Waals surface area contributed by atoms with Gasteiger partial charge in [0, 0.05) is 6.54 Å². The number of benzene rings is 2. The third-order valence-electron chi connectivity index (χ3n) is 3.17. The molecular formula is C17H20ClNO2. The van der Waals surface area contributed by atoms with Crippen LogP contribution in [0, 0.1) is 13.8 Å². The van der Waals surface area contributed by atoms with Gasteiger partial charge in [-0.2, -0.15) is 0 Å². The third-order valence-corrected chi connectivity index (χ3v) is 3.48. The lowest BCUT2D eigenvalue weighted by Gasteiger charge is -2.16. The van der Waals surface area contributed by atoms with Crippen LogP contribution in [-0.4, -0.2) is 24.4 Å². The fourth-order valence-electron chi connectivity index (χ4n) is 2.03. The molecule has 3 nitrogen and oxygen atoms in total. The average Bonchev–Trinajstić information content (AvgIpc) is 2.45. The normalized spacial score (nSPS) is 12.0. The van der Waals surface area contributed by atoms with Crippen molar-refractivity contribution in [1.29, 1.82) is 0 Å². The van der Waals surface area contributed by atoms with Crippen LogP contribution in [0.3, 0.4) is 0 Å². The lowest BCUT2D eigenvalue weighted by molar-refractivity contribution is 0.117. The monoisotopic (exact) mass is 305 g/mol. The van der Waals surface area contributed by atoms with Crippen LogP contribution in [-0.2, 0) is 0 Å². The zero-order valence-corrected chi connectivity index (χ0v) is 13.0. The van der Waals surface area contributed by atoms with Crippen molar-refractivity contribution in [2.24, 2.45) is 0 Å². The summed E-state index contributed by atoms with van der Waals surface area (Å²) in [5, 5.41) is 13.8. The zero-order valence-electron chi connectivity index (χ0n) is 12.3. The molecule has 0 aliphatic carbocycles. The summed E-state index contributed by atoms with van der Waals surface area (Å²) in [7, 11) is 0. The number of aliphatic hydroxyl groups excluding tert-OH is 1. The van der Waals surface area contributed by atoms with Gasteiger partial charge in [-0.3, -0.25) is 0 Å². The van der Waals surface area contributed by atoms with E-state index in [1.54, 1.807) is 0 Å². The Kier molecular flexibility index (Phi) is 5.48. The summed E-state index contributed by atoms with van der Waals surface area (Å²) in [6, 6.07) is 13.5. The van der Waals surface area contributed by atoms with Gasteiger partial charge in [0.2, 0.25) is 0 Å². The van der Waals surface area contributed by atoms with Gasteiger partial charge in [-0.15, -0.1) is 0 Å². The molecule has 0 saturated heterocycles. The second kappa shape index (κ2) is 7.34. The number of aliphatic hydroxyl groups is 1. The second-order valence-electron chi connectivity index (χ2n) is 5.09. The molecule has 2 rings (SSSR count). The predicted octanol–water partition coefficient (Wildman–Crippen LogP) is 3.81. The molecule has 0 bridgehead atoms. The molecule has 0 radical (unpaired) electrons. The van der Waals surface area contributed by atoms with Crippen molar-refractivity contribution in [3.8, 4) is 5.75 Å². The predicted molar refractivity (Wildman–Crippen MR) is 87.4 cm³/mol. The summed E-state index contributed by atoms with van der Waals surface area (Å²) in [5.74, 6) is 0.767. The number of aryl methyl sites for hydroxylation is 2. The molecule has 1 atom stereocenters. The van der Waals surface area contributed by atoms with E-state index < -0.39 is 6.10 Å². The smallest absolute Gasteiger partial charge is 0.119 e. The molecule has 2 N–H and O–H groups in total. The first-order valence-electron chi connectivity index (χ1n) is 6.93. The first-order chi connectivity index (χ1) is 10.1. The van der Waals surface area contributed by atoms with Gasteiger partial charge in [-0.25, -0.2) is 0 Å². The van der Waals surface area contributed by atoms with Gasteiger partial charge in [-0.05, 0) is 43.2 Å². The molecule has 21 heavy (non-hydrogen) atoms. The number of rotatable bonds is 6. The number of anilines is 1. The van der Waals surface area contributed by atoms with Crippen LogP contribution >= 0.6 is 11.6 Å². The quantitative estimate of drug-likeness (QED) is 0.853. The van der Waals surface area contributed by atoms with Gasteiger partial charge in [0.25, 0.3) is 0 Å². The maximum Gasteiger partial charge on any atom is 0.119 e. The Hall–Kier alpha value is -1.71. The highest BCUT2D eigenvalue weighted by molar-refractivity contribution is 6.33. The van der Waals surface area contributed by atoms with E-state index in [2.05, 4.69) is 5.32 Å². The number of hydrogen-bond donors (Lipinski definition) is 2. The highest BCUT2D eigenvalue weighted by Gasteiger charge is 2.08. The van der Waals surface area contributed by atoms with Crippen molar-refractivity contribution >= 4 is 17.3 Å². The maximum absolute atomic E-state index is 9.99. The number of ether oxygens (including phenoxy) is 1. The summed E-state index contributed by atoms with van der Waals surface area (Å²) in [5.41, 5.74) is 3.04. The Morgan fingerprint density at radius 2 is 1.95 bits per heavy atom. The average molecular weight is 306 g/mol. The fraction of sp³-hybridized carbons (Fsp3) is 0.294. The standard InChI is InChI=1S/C17H20ClNO2/c1-12-5-3-7-15(9-12)21-11-14(20)10-19-17-13(2)6-4-8-16(17)18/h3-9,14,19-20H,10-11H2,1-2H3. The summed E-state index contributed by atoms with van der Waals surface area (Å²) in [4.78, 5) is 0. The van der Waals surface area contributed by atoms with Crippen molar-refractivity contribution in [1.82, 2.24) is 0 Å². The number of halogens is 1. The Bertz CT molecular complexity index is 581. The number of nitrogens with one attached hydrogen (secondary N) is 1. The van der Waals surface area contributed by atoms with E-state index in [1.807, 2.05) is 56.3 Å². The van der Waals surface area contributed by atoms with Crippen LogP contribution in [0.15, 0.2) is 42.5 Å². The second-order valence-corrected chi connectivity index (χ2v) is 5.50. The van der Waals surface area contributed by atoms with Gasteiger partial charge in [-0.1, -0.05) is 35.9 Å². The van der Waals surface area contributed by atoms with Crippen LogP contribution in [0.1, 0.15) is 11.1 Å². The molecular weight excluding hydrogens is 286 g/mol. The summed E-state index contributed by atoms with van der Waals surface area (Å²) < 4.78 is 5.57. The van der Waals surface area contributed by atoms with E-state index in [0.717, 1.165) is 22.6 Å². The minimum Gasteiger partial charge on any atom is -0.491 e. The third kappa shape index (κ3) is 4.66. The SMILES string of the molecule is Cc1cccc(OCC(O)CNc2c(C)cccc2Cl)c1. The van der Waals surface area contributed by atoms with Gasteiger partial charge >= 0.3 is 0 Å². The number of hydrogen-bond acceptors (Lipinski definition) is 3. The Balaban J connectivity index is 1.84. The van der Waals surface area contributed by atoms with Crippen LogP contribution in [0.2, 0.25) is 5.02 Å². The van der Waals surface area contributed by atoms with Gasteiger partial charge in [0.15, 0.2) is 0 Å². The molecule has 0 spiro atoms. The Morgan fingerprint density at radius 3 is 2.67 bits per heavy atom. The van der Waals surface area contributed by atoms with E-state index in [0.29, 0.717) is 11.6 Å². The minimum atomic E-state index is -0.610. The molecule has 112 valence electrons. The molecule has 0 amide bonds. The number of para-hydroxylation sites is 1. The van der Waals surface area contributed by atoms with Crippen molar-refractivity contribution < 1.29 is 9.84 Å². The zero-order chi connectivity index (χ0) is 15.2. The van der Waals surface area contributed by atoms with E-state index in [1.165, 1.54) is 0 Å². The van der Waals surface area contributed by atoms with Gasteiger partial charge < -0.3 is 15.2 Å². The molecule has 0 aliphatic heterocycles. The van der Waals surface area contributed by atoms with E-state index in [9.17, 15) is 5.11 Å². The minimum absolute atomic E-state index is 0.236. The van der Waals surface area contributed by atoms with Crippen LogP contribution in [0.5, 0.6) is 5.75 Å². The summed E-state index contributed by atoms with van der Waals surface area (Å²) >= 11 is 6.13. The van der Waals surface area contributed by atoms with Gasteiger partial charge in [0.05, 0.1) is 10.7 Å². The van der Waals surface area contributed by atoms with E-state index in [4.69, 9.17) is 16.3 Å². The summed E-state index contributed by atoms with van der Waals surface area (Å²) in [6.45, 7) is 4.60. The molecule has 1 unspecified atom stereocenters. The van der Waals surface area contributed by atoms with Crippen molar-refractivity contribution in [3.05, 3.63) is 58.6 Å². The van der Waals surface area contributed by atoms with Gasteiger partial charge in [0.1, 0.15) is 18.5 Å². The van der Waals surface area contributed by atoms with Crippen molar-refractivity contribution in [3.63, 3.8) is 0 Å². The van der Waals surface area contributed by atoms with Crippen molar-refractivity contribution in [2.75, 3.05) is 18.5 Å². The lowest BCUT2D eigenvalue weighted by Crippen LogP contribution is -2.26. The largest absolute Gasteiger partial charge is 0.491 e. The molecule has 2 aromatic carbocycles. The molecule has 0 heterocycles. The maximum atomic E-state index is 9.99. The summed E-state index contributed by atoms with van der Waals surface area (Å²) in [6.07, 6.45) is -0.610. The molecule has 0 saturated carbocycles. The Labute approximate surface area is 130 Å². The van der Waals surface area contributed by atoms with Crippen LogP contribution < -0.4 is 10.1 Å². The molecule has 0 aliphatic rings. The molecule has 0 aromatic heterocycles.